The van der Waals surface area contributed by atoms with Crippen LogP contribution in [0.3, 0.4) is 0 Å². The van der Waals surface area contributed by atoms with Gasteiger partial charge in [-0.05, 0) is 50.1 Å². The van der Waals surface area contributed by atoms with Crippen LogP contribution in [0.5, 0.6) is 0 Å². The molecule has 1 aliphatic rings. The van der Waals surface area contributed by atoms with E-state index in [9.17, 15) is 13.6 Å². The van der Waals surface area contributed by atoms with Gasteiger partial charge in [-0.25, -0.2) is 18.7 Å². The summed E-state index contributed by atoms with van der Waals surface area (Å²) in [6.07, 6.45) is 0.553. The zero-order valence-electron chi connectivity index (χ0n) is 15.8. The molecule has 29 heavy (non-hydrogen) atoms. The van der Waals surface area contributed by atoms with Gasteiger partial charge in [-0.3, -0.25) is 4.79 Å². The first kappa shape index (κ1) is 22.9. The molecule has 1 aliphatic heterocycles. The molecule has 154 valence electrons. The van der Waals surface area contributed by atoms with Crippen LogP contribution in [0.1, 0.15) is 32.9 Å². The van der Waals surface area contributed by atoms with Gasteiger partial charge in [0.05, 0.1) is 28.2 Å². The summed E-state index contributed by atoms with van der Waals surface area (Å²) in [6, 6.07) is 5.65. The summed E-state index contributed by atoms with van der Waals surface area (Å²) >= 11 is 0. The van der Waals surface area contributed by atoms with E-state index >= 15 is 0 Å². The van der Waals surface area contributed by atoms with Crippen molar-refractivity contribution in [2.75, 3.05) is 11.9 Å². The van der Waals surface area contributed by atoms with E-state index in [1.165, 1.54) is 12.1 Å². The molecule has 9 heteroatoms. The van der Waals surface area contributed by atoms with Gasteiger partial charge in [0.25, 0.3) is 5.91 Å². The van der Waals surface area contributed by atoms with Crippen LogP contribution in [-0.2, 0) is 13.0 Å². The molecule has 3 aromatic rings. The second-order valence-corrected chi connectivity index (χ2v) is 6.66. The number of carbonyl (C=O) groups is 1. The maximum atomic E-state index is 14.8. The van der Waals surface area contributed by atoms with E-state index in [1.807, 2.05) is 0 Å². The molecule has 0 aliphatic carbocycles. The topological polar surface area (TPSA) is 66.9 Å². The van der Waals surface area contributed by atoms with Crippen LogP contribution in [-0.4, -0.2) is 22.4 Å². The molecular weight excluding hydrogens is 421 g/mol. The molecule has 0 unspecified atom stereocenters. The van der Waals surface area contributed by atoms with Gasteiger partial charge in [-0.1, -0.05) is 6.07 Å². The zero-order valence-corrected chi connectivity index (χ0v) is 17.4. The predicted octanol–water partition coefficient (Wildman–Crippen LogP) is 4.27. The Morgan fingerprint density at radius 1 is 1.10 bits per heavy atom. The number of nitrogens with one attached hydrogen (secondary N) is 2. The van der Waals surface area contributed by atoms with Gasteiger partial charge in [0.1, 0.15) is 17.2 Å². The molecular formula is C20H20Cl2F2N4O. The molecule has 0 fully saturated rings. The highest BCUT2D eigenvalue weighted by Gasteiger charge is 2.20. The van der Waals surface area contributed by atoms with Crippen LogP contribution in [0, 0.1) is 25.5 Å². The van der Waals surface area contributed by atoms with Crippen molar-refractivity contribution in [3.63, 3.8) is 0 Å². The first-order valence-electron chi connectivity index (χ1n) is 8.71. The number of benzene rings is 2. The monoisotopic (exact) mass is 440 g/mol. The normalized spacial score (nSPS) is 12.6. The van der Waals surface area contributed by atoms with E-state index < -0.39 is 17.5 Å². The fourth-order valence-electron chi connectivity index (χ4n) is 3.29. The number of carbonyl (C=O) groups excluding carboxylic acids is 1. The maximum absolute atomic E-state index is 14.8. The Morgan fingerprint density at radius 2 is 1.83 bits per heavy atom. The Bertz CT molecular complexity index is 1090. The van der Waals surface area contributed by atoms with Crippen LogP contribution in [0.15, 0.2) is 24.3 Å². The van der Waals surface area contributed by atoms with Crippen molar-refractivity contribution in [1.29, 1.82) is 0 Å². The number of aryl methyl sites for hydroxylation is 2. The van der Waals surface area contributed by atoms with Gasteiger partial charge in [0.2, 0.25) is 0 Å². The second-order valence-electron chi connectivity index (χ2n) is 6.66. The van der Waals surface area contributed by atoms with Crippen molar-refractivity contribution in [1.82, 2.24) is 15.3 Å². The molecule has 2 aromatic carbocycles. The number of hydrogen-bond donors (Lipinski definition) is 2. The molecule has 0 saturated carbocycles. The molecule has 5 nitrogen and oxygen atoms in total. The van der Waals surface area contributed by atoms with Gasteiger partial charge in [0.15, 0.2) is 0 Å². The van der Waals surface area contributed by atoms with E-state index in [0.29, 0.717) is 47.5 Å². The molecule has 0 saturated heterocycles. The Balaban J connectivity index is 0.00000150. The van der Waals surface area contributed by atoms with Crippen LogP contribution in [0.4, 0.5) is 14.5 Å². The lowest BCUT2D eigenvalue weighted by molar-refractivity contribution is 0.102. The summed E-state index contributed by atoms with van der Waals surface area (Å²) in [5.41, 5.74) is 3.48. The Kier molecular flexibility index (Phi) is 7.11. The quantitative estimate of drug-likeness (QED) is 0.624. The number of nitrogens with zero attached hydrogens (tertiary/aromatic N) is 2. The molecule has 0 radical (unpaired) electrons. The van der Waals surface area contributed by atoms with Crippen molar-refractivity contribution in [3.05, 3.63) is 64.0 Å². The standard InChI is InChI=1S/C20H18F2N4O.2ClH/c1-10-11(2)25-19-15(7-13(21)8-17(19)24-10)20(27)26-16-4-3-12-9-23-6-5-14(12)18(16)22;;/h3-4,7-8,23H,5-6,9H2,1-2H3,(H,26,27);2*1H. The molecule has 0 atom stereocenters. The number of aromatic nitrogens is 2. The second kappa shape index (κ2) is 8.98. The first-order chi connectivity index (χ1) is 12.9. The van der Waals surface area contributed by atoms with Crippen molar-refractivity contribution in [2.24, 2.45) is 0 Å². The number of amides is 1. The van der Waals surface area contributed by atoms with E-state index in [4.69, 9.17) is 0 Å². The molecule has 2 N–H and O–H groups in total. The highest BCUT2D eigenvalue weighted by molar-refractivity contribution is 6.11. The number of rotatable bonds is 2. The minimum atomic E-state index is -0.621. The summed E-state index contributed by atoms with van der Waals surface area (Å²) in [6.45, 7) is 4.82. The van der Waals surface area contributed by atoms with Crippen molar-refractivity contribution >= 4 is 47.4 Å². The molecule has 1 amide bonds. The minimum Gasteiger partial charge on any atom is -0.319 e. The Morgan fingerprint density at radius 3 is 2.59 bits per heavy atom. The van der Waals surface area contributed by atoms with Crippen LogP contribution >= 0.6 is 24.8 Å². The largest absolute Gasteiger partial charge is 0.319 e. The number of hydrogen-bond acceptors (Lipinski definition) is 4. The third-order valence-electron chi connectivity index (χ3n) is 4.85. The smallest absolute Gasteiger partial charge is 0.258 e. The van der Waals surface area contributed by atoms with E-state index in [1.54, 1.807) is 19.9 Å². The lowest BCUT2D eigenvalue weighted by Gasteiger charge is -2.19. The third-order valence-corrected chi connectivity index (χ3v) is 4.85. The van der Waals surface area contributed by atoms with Crippen LogP contribution in [0.25, 0.3) is 11.0 Å². The fraction of sp³-hybridized carbons (Fsp3) is 0.250. The highest BCUT2D eigenvalue weighted by Crippen LogP contribution is 2.26. The summed E-state index contributed by atoms with van der Waals surface area (Å²) in [7, 11) is 0. The lowest BCUT2D eigenvalue weighted by atomic mass is 9.99. The molecule has 4 rings (SSSR count). The van der Waals surface area contributed by atoms with Crippen molar-refractivity contribution in [2.45, 2.75) is 26.8 Å². The van der Waals surface area contributed by atoms with E-state index in [0.717, 1.165) is 11.6 Å². The maximum Gasteiger partial charge on any atom is 0.258 e. The Hall–Kier alpha value is -2.35. The fourth-order valence-corrected chi connectivity index (χ4v) is 3.29. The third kappa shape index (κ3) is 4.32. The number of anilines is 1. The predicted molar refractivity (Wildman–Crippen MR) is 113 cm³/mol. The molecule has 0 spiro atoms. The van der Waals surface area contributed by atoms with Crippen LogP contribution in [0.2, 0.25) is 0 Å². The average molecular weight is 441 g/mol. The minimum absolute atomic E-state index is 0. The molecule has 1 aromatic heterocycles. The van der Waals surface area contributed by atoms with Gasteiger partial charge >= 0.3 is 0 Å². The van der Waals surface area contributed by atoms with Crippen LogP contribution < -0.4 is 10.6 Å². The highest BCUT2D eigenvalue weighted by atomic mass is 35.5. The summed E-state index contributed by atoms with van der Waals surface area (Å²) < 4.78 is 28.8. The SMILES string of the molecule is Cc1nc2cc(F)cc(C(=O)Nc3ccc4c(c3F)CCNC4)c2nc1C.Cl.Cl. The van der Waals surface area contributed by atoms with Gasteiger partial charge < -0.3 is 10.6 Å². The first-order valence-corrected chi connectivity index (χ1v) is 8.71. The molecule has 0 bridgehead atoms. The van der Waals surface area contributed by atoms with Gasteiger partial charge in [0, 0.05) is 12.6 Å². The summed E-state index contributed by atoms with van der Waals surface area (Å²) in [5, 5.41) is 5.74. The zero-order chi connectivity index (χ0) is 19.1. The lowest BCUT2D eigenvalue weighted by Crippen LogP contribution is -2.25. The van der Waals surface area contributed by atoms with E-state index in [2.05, 4.69) is 20.6 Å². The molecule has 2 heterocycles. The van der Waals surface area contributed by atoms with Crippen molar-refractivity contribution < 1.29 is 13.6 Å². The van der Waals surface area contributed by atoms with E-state index in [-0.39, 0.29) is 36.1 Å². The summed E-state index contributed by atoms with van der Waals surface area (Å²) in [5.74, 6) is -1.66. The number of fused-ring (bicyclic) bond motifs is 2. The number of halogens is 4. The van der Waals surface area contributed by atoms with Gasteiger partial charge in [-0.2, -0.15) is 0 Å². The summed E-state index contributed by atoms with van der Waals surface area (Å²) in [4.78, 5) is 21.4. The Labute approximate surface area is 179 Å². The average Bonchev–Trinajstić information content (AvgIpc) is 2.65. The van der Waals surface area contributed by atoms with Crippen molar-refractivity contribution in [3.8, 4) is 0 Å². The van der Waals surface area contributed by atoms with Gasteiger partial charge in [-0.15, -0.1) is 24.8 Å².